The lowest BCUT2D eigenvalue weighted by Crippen LogP contribution is -2.76. The summed E-state index contributed by atoms with van der Waals surface area (Å²) in [6.07, 6.45) is 1.40. The van der Waals surface area contributed by atoms with Gasteiger partial charge in [-0.25, -0.2) is 9.37 Å². The zero-order chi connectivity index (χ0) is 24.9. The maximum absolute atomic E-state index is 14.9. The summed E-state index contributed by atoms with van der Waals surface area (Å²) in [4.78, 5) is 29.6. The first-order chi connectivity index (χ1) is 15.9. The van der Waals surface area contributed by atoms with Crippen LogP contribution in [0, 0.1) is 11.2 Å². The smallest absolute Gasteiger partial charge is 0.274 e. The molecule has 2 fully saturated rings. The molecule has 3 heterocycles. The summed E-state index contributed by atoms with van der Waals surface area (Å²) in [5.74, 6) is -1.29. The second-order valence-corrected chi connectivity index (χ2v) is 11.1. The number of nitrogens with zero attached hydrogens (tertiary/aromatic N) is 2. The summed E-state index contributed by atoms with van der Waals surface area (Å²) in [6, 6.07) is 7.02. The van der Waals surface area contributed by atoms with Crippen molar-refractivity contribution >= 4 is 33.9 Å². The van der Waals surface area contributed by atoms with Crippen LogP contribution in [0.1, 0.15) is 29.9 Å². The Morgan fingerprint density at radius 1 is 1.29 bits per heavy atom. The Balaban J connectivity index is 1.58. The standard InChI is InChI=1S/C22H26FN5O5S/c1-13(29)28-10-22(11-28)20(24)27-21(2,12-34(22,31)32)16-8-14(4-6-17(16)23)26-19(30)18-7-5-15(33-3)9-25-18/h4-9,31-32H,10-12H2,1-3H3,(H2,24,27)(H,26,30). The van der Waals surface area contributed by atoms with Crippen LogP contribution < -0.4 is 15.4 Å². The van der Waals surface area contributed by atoms with E-state index in [1.807, 2.05) is 0 Å². The molecule has 0 bridgehead atoms. The van der Waals surface area contributed by atoms with Gasteiger partial charge in [0, 0.05) is 18.2 Å². The van der Waals surface area contributed by atoms with Crippen LogP contribution in [0.25, 0.3) is 0 Å². The van der Waals surface area contributed by atoms with Gasteiger partial charge in [-0.3, -0.25) is 24.1 Å². The average Bonchev–Trinajstić information content (AvgIpc) is 2.72. The minimum atomic E-state index is -3.42. The van der Waals surface area contributed by atoms with E-state index in [0.29, 0.717) is 5.75 Å². The first-order valence-corrected chi connectivity index (χ1v) is 12.1. The average molecular weight is 492 g/mol. The molecule has 1 aromatic carbocycles. The Bertz CT molecular complexity index is 1170. The Hall–Kier alpha value is -3.22. The van der Waals surface area contributed by atoms with E-state index in [1.54, 1.807) is 13.0 Å². The molecule has 10 nitrogen and oxygen atoms in total. The topological polar surface area (TPSA) is 148 Å². The van der Waals surface area contributed by atoms with E-state index in [9.17, 15) is 23.1 Å². The van der Waals surface area contributed by atoms with Gasteiger partial charge in [-0.1, -0.05) is 0 Å². The van der Waals surface area contributed by atoms with Crippen LogP contribution in [0.4, 0.5) is 10.1 Å². The van der Waals surface area contributed by atoms with Crippen LogP contribution in [-0.4, -0.2) is 67.3 Å². The van der Waals surface area contributed by atoms with Crippen LogP contribution in [0.2, 0.25) is 0 Å². The van der Waals surface area contributed by atoms with Gasteiger partial charge < -0.3 is 20.3 Å². The molecule has 2 aliphatic rings. The van der Waals surface area contributed by atoms with Gasteiger partial charge in [0.05, 0.1) is 37.7 Å². The van der Waals surface area contributed by atoms with E-state index in [2.05, 4.69) is 15.6 Å². The Kier molecular flexibility index (Phi) is 5.78. The molecule has 0 aliphatic carbocycles. The van der Waals surface area contributed by atoms with E-state index in [0.717, 1.165) is 0 Å². The summed E-state index contributed by atoms with van der Waals surface area (Å²) in [5.41, 5.74) is -0.861. The Labute approximate surface area is 197 Å². The molecule has 2 aliphatic heterocycles. The van der Waals surface area contributed by atoms with E-state index < -0.39 is 32.6 Å². The first-order valence-electron chi connectivity index (χ1n) is 10.4. The van der Waals surface area contributed by atoms with Crippen molar-refractivity contribution < 1.29 is 27.8 Å². The molecule has 1 atom stereocenters. The summed E-state index contributed by atoms with van der Waals surface area (Å²) in [5, 5.41) is 14.1. The van der Waals surface area contributed by atoms with Crippen molar-refractivity contribution in [2.45, 2.75) is 24.1 Å². The van der Waals surface area contributed by atoms with Crippen molar-refractivity contribution in [1.82, 2.24) is 15.2 Å². The van der Waals surface area contributed by atoms with Crippen molar-refractivity contribution in [2.75, 3.05) is 31.3 Å². The number of aromatic nitrogens is 1. The second kappa shape index (κ2) is 8.22. The number of amidine groups is 1. The van der Waals surface area contributed by atoms with Crippen LogP contribution in [0.15, 0.2) is 36.5 Å². The van der Waals surface area contributed by atoms with E-state index in [4.69, 9.17) is 10.1 Å². The highest BCUT2D eigenvalue weighted by atomic mass is 32.3. The van der Waals surface area contributed by atoms with Gasteiger partial charge in [0.2, 0.25) is 5.91 Å². The van der Waals surface area contributed by atoms with Crippen molar-refractivity contribution in [3.63, 3.8) is 0 Å². The molecule has 2 amide bonds. The van der Waals surface area contributed by atoms with Gasteiger partial charge in [-0.2, -0.15) is 10.6 Å². The van der Waals surface area contributed by atoms with Crippen molar-refractivity contribution in [2.24, 2.45) is 0 Å². The molecule has 2 saturated heterocycles. The second-order valence-electron chi connectivity index (χ2n) is 8.74. The number of rotatable bonds is 4. The molecule has 2 aromatic rings. The van der Waals surface area contributed by atoms with Crippen molar-refractivity contribution in [3.8, 4) is 5.75 Å². The lowest BCUT2D eigenvalue weighted by Gasteiger charge is -2.64. The van der Waals surface area contributed by atoms with Crippen molar-refractivity contribution in [3.05, 3.63) is 53.6 Å². The molecular formula is C22H26FN5O5S. The predicted molar refractivity (Wildman–Crippen MR) is 126 cm³/mol. The van der Waals surface area contributed by atoms with Crippen LogP contribution >= 0.6 is 10.6 Å². The lowest BCUT2D eigenvalue weighted by molar-refractivity contribution is -0.132. The number of hydrogen-bond acceptors (Lipinski definition) is 7. The molecule has 1 unspecified atom stereocenters. The predicted octanol–water partition coefficient (Wildman–Crippen LogP) is 2.63. The summed E-state index contributed by atoms with van der Waals surface area (Å²) in [7, 11) is -1.93. The third-order valence-electron chi connectivity index (χ3n) is 6.33. The third-order valence-corrected chi connectivity index (χ3v) is 9.03. The quantitative estimate of drug-likeness (QED) is 0.442. The Morgan fingerprint density at radius 3 is 2.56 bits per heavy atom. The molecule has 4 rings (SSSR count). The Morgan fingerprint density at radius 2 is 2.00 bits per heavy atom. The number of methoxy groups -OCH3 is 1. The largest absolute Gasteiger partial charge is 0.495 e. The molecule has 182 valence electrons. The number of carbonyl (C=O) groups is 2. The van der Waals surface area contributed by atoms with Crippen molar-refractivity contribution in [1.29, 1.82) is 5.41 Å². The minimum Gasteiger partial charge on any atom is -0.495 e. The zero-order valence-corrected chi connectivity index (χ0v) is 19.7. The number of carbonyl (C=O) groups excluding carboxylic acids is 2. The number of ether oxygens (including phenoxy) is 1. The molecule has 5 N–H and O–H groups in total. The summed E-state index contributed by atoms with van der Waals surface area (Å²) >= 11 is 0. The first kappa shape index (κ1) is 23.9. The molecule has 12 heteroatoms. The number of pyridine rings is 1. The number of anilines is 1. The zero-order valence-electron chi connectivity index (χ0n) is 18.9. The fourth-order valence-electron chi connectivity index (χ4n) is 4.29. The summed E-state index contributed by atoms with van der Waals surface area (Å²) in [6.45, 7) is 2.97. The molecule has 1 spiro atoms. The highest BCUT2D eigenvalue weighted by Crippen LogP contribution is 2.62. The molecular weight excluding hydrogens is 465 g/mol. The van der Waals surface area contributed by atoms with Gasteiger partial charge in [0.15, 0.2) is 4.75 Å². The number of nitrogens with one attached hydrogen (secondary N) is 3. The molecule has 0 radical (unpaired) electrons. The number of amides is 2. The van der Waals surface area contributed by atoms with Gasteiger partial charge in [0.25, 0.3) is 5.91 Å². The maximum Gasteiger partial charge on any atom is 0.274 e. The number of hydrogen-bond donors (Lipinski definition) is 5. The van der Waals surface area contributed by atoms with E-state index >= 15 is 0 Å². The van der Waals surface area contributed by atoms with Gasteiger partial charge in [0.1, 0.15) is 23.1 Å². The molecule has 0 saturated carbocycles. The molecule has 34 heavy (non-hydrogen) atoms. The van der Waals surface area contributed by atoms with E-state index in [1.165, 1.54) is 49.4 Å². The number of halogens is 1. The van der Waals surface area contributed by atoms with Gasteiger partial charge in [-0.15, -0.1) is 0 Å². The fourth-order valence-corrected chi connectivity index (χ4v) is 6.70. The monoisotopic (exact) mass is 491 g/mol. The highest BCUT2D eigenvalue weighted by Gasteiger charge is 2.62. The minimum absolute atomic E-state index is 0.0139. The van der Waals surface area contributed by atoms with Crippen LogP contribution in [0.5, 0.6) is 5.75 Å². The van der Waals surface area contributed by atoms with Crippen LogP contribution in [-0.2, 0) is 10.3 Å². The van der Waals surface area contributed by atoms with Crippen LogP contribution in [0.3, 0.4) is 0 Å². The fraction of sp³-hybridized carbons (Fsp3) is 0.364. The SMILES string of the molecule is COc1ccc(C(=O)Nc2ccc(F)c(C3(C)CS(O)(O)C4(CN(C(C)=O)C4)C(=N)N3)c2)nc1. The van der Waals surface area contributed by atoms with Gasteiger partial charge in [-0.05, 0) is 37.3 Å². The molecule has 1 aromatic heterocycles. The van der Waals surface area contributed by atoms with E-state index in [-0.39, 0.29) is 47.5 Å². The number of benzene rings is 1. The normalized spacial score (nSPS) is 23.5. The third kappa shape index (κ3) is 3.87. The highest BCUT2D eigenvalue weighted by molar-refractivity contribution is 8.26. The number of likely N-dealkylation sites (tertiary alicyclic amines) is 1. The maximum atomic E-state index is 14.9. The lowest BCUT2D eigenvalue weighted by atomic mass is 9.89. The van der Waals surface area contributed by atoms with Gasteiger partial charge >= 0.3 is 0 Å². The summed E-state index contributed by atoms with van der Waals surface area (Å²) < 4.78 is 40.7.